The van der Waals surface area contributed by atoms with Gasteiger partial charge < -0.3 is 62.0 Å². The summed E-state index contributed by atoms with van der Waals surface area (Å²) in [6, 6.07) is 16.6. The topological polar surface area (TPSA) is 355 Å². The molecule has 2 atom stereocenters. The number of ketones is 3. The van der Waals surface area contributed by atoms with E-state index in [-0.39, 0.29) is 125 Å². The zero-order chi connectivity index (χ0) is 60.7. The number of alkyl carbamates (subject to hydrolysis) is 2. The lowest BCUT2D eigenvalue weighted by atomic mass is 9.92. The van der Waals surface area contributed by atoms with Crippen LogP contribution in [0.3, 0.4) is 0 Å². The average Bonchev–Trinajstić information content (AvgIpc) is 3.90. The van der Waals surface area contributed by atoms with E-state index in [0.717, 1.165) is 0 Å². The number of carbonyl (C=O) groups excluding carboxylic acids is 12. The van der Waals surface area contributed by atoms with Crippen molar-refractivity contribution in [3.05, 3.63) is 59.7 Å². The highest BCUT2D eigenvalue weighted by atomic mass is 16.7. The second kappa shape index (κ2) is 35.9. The summed E-state index contributed by atoms with van der Waals surface area (Å²) in [5.74, 6) is -3.72. The number of esters is 1. The molecule has 0 bridgehead atoms. The molecule has 1 aliphatic carbocycles. The Bertz CT molecular complexity index is 2430. The van der Waals surface area contributed by atoms with Crippen molar-refractivity contribution in [2.24, 2.45) is 17.6 Å². The molecule has 7 amide bonds. The Morgan fingerprint density at radius 1 is 0.679 bits per heavy atom. The number of nitrogens with one attached hydrogen (secondary N) is 7. The van der Waals surface area contributed by atoms with Crippen LogP contribution in [0.4, 0.5) is 9.59 Å². The zero-order valence-corrected chi connectivity index (χ0v) is 48.1. The molecular formula is C56H83N9O16. The summed E-state index contributed by atoms with van der Waals surface area (Å²) in [7, 11) is 3.32. The van der Waals surface area contributed by atoms with Crippen LogP contribution in [-0.2, 0) is 67.0 Å². The van der Waals surface area contributed by atoms with Crippen LogP contribution in [0.5, 0.6) is 0 Å². The van der Waals surface area contributed by atoms with Gasteiger partial charge in [-0.25, -0.2) is 14.4 Å². The minimum atomic E-state index is -0.790. The van der Waals surface area contributed by atoms with Crippen molar-refractivity contribution in [1.82, 2.24) is 42.3 Å². The van der Waals surface area contributed by atoms with Gasteiger partial charge in [-0.3, -0.25) is 43.2 Å². The zero-order valence-electron chi connectivity index (χ0n) is 48.1. The Labute approximate surface area is 473 Å². The number of Topliss-reactive ketones (excluding diaryl/α,β-unsaturated/α-hetero) is 3. The first-order valence-electron chi connectivity index (χ1n) is 26.9. The van der Waals surface area contributed by atoms with Gasteiger partial charge in [0.1, 0.15) is 41.7 Å². The van der Waals surface area contributed by atoms with Crippen molar-refractivity contribution in [2.45, 2.75) is 130 Å². The molecule has 2 aromatic rings. The molecule has 2 fully saturated rings. The minimum Gasteiger partial charge on any atom is -0.465 e. The van der Waals surface area contributed by atoms with E-state index in [9.17, 15) is 57.5 Å². The molecule has 2 aliphatic heterocycles. The number of carbonyl (C=O) groups is 12. The SMILES string of the molecule is CC(=O)OCC1c2ccccc2-c2ccccc21.CNCC(=O)[C@@H](CCNC(=O)CNC(=O)OC(C)(C)C)CCC(=O)ON1C(=O)CCC1=O.CNCNC(=O)CNC(=O)OC(C)(C)C.NCC(=O)[C@H]1CCNC(=O)CCC(=O)CC1. The van der Waals surface area contributed by atoms with E-state index in [1.54, 1.807) is 55.6 Å². The maximum atomic E-state index is 12.3. The standard InChI is InChI=1S/C20H32N4O8.C16H14O2.C11H18N2O3.C9H19N3O3/c1-20(2,3)31-19(30)23-12-15(26)22-10-9-13(14(25)11-21-4)5-8-18(29)32-24-16(27)6-7-17(24)28;1-11(17)18-10-16-14-8-4-2-6-12(14)13-7-3-5-9-15(13)16;12-7-10(15)8-1-2-9(14)3-4-11(16)13-6-5-8;1-9(2,3)15-8(14)11-5-7(13)12-6-10-4/h13,21H,5-12H2,1-4H3,(H,22,26)(H,23,30);2-9,16H,10H2,1H3;8H,1-7,12H2,(H,13,16);10H,5-6H2,1-4H3,(H,11,14)(H,12,13)/t13-;;8-;/m1.1./s1. The number of imide groups is 1. The summed E-state index contributed by atoms with van der Waals surface area (Å²) < 4.78 is 15.2. The molecule has 0 radical (unpaired) electrons. The summed E-state index contributed by atoms with van der Waals surface area (Å²) in [5.41, 5.74) is 9.08. The number of ether oxygens (including phenoxy) is 3. The second-order valence-electron chi connectivity index (χ2n) is 20.9. The first-order chi connectivity index (χ1) is 38.2. The van der Waals surface area contributed by atoms with E-state index in [2.05, 4.69) is 61.5 Å². The van der Waals surface area contributed by atoms with Crippen molar-refractivity contribution in [1.29, 1.82) is 0 Å². The molecule has 9 N–H and O–H groups in total. The number of hydrogen-bond donors (Lipinski definition) is 8. The van der Waals surface area contributed by atoms with Gasteiger partial charge in [0.05, 0.1) is 26.3 Å². The smallest absolute Gasteiger partial charge is 0.408 e. The number of nitrogens with zero attached hydrogens (tertiary/aromatic N) is 1. The van der Waals surface area contributed by atoms with Crippen LogP contribution < -0.4 is 43.0 Å². The van der Waals surface area contributed by atoms with E-state index in [0.29, 0.717) is 44.1 Å². The minimum absolute atomic E-state index is 0.00211. The molecule has 25 heteroatoms. The number of benzene rings is 2. The number of hydrogen-bond acceptors (Lipinski definition) is 19. The Morgan fingerprint density at radius 3 is 1.73 bits per heavy atom. The molecule has 0 aromatic heterocycles. The Hall–Kier alpha value is -7.64. The van der Waals surface area contributed by atoms with Gasteiger partial charge in [0, 0.05) is 76.3 Å². The molecular weight excluding hydrogens is 1050 g/mol. The third kappa shape index (κ3) is 28.4. The van der Waals surface area contributed by atoms with Crippen molar-refractivity contribution in [3.8, 4) is 11.1 Å². The van der Waals surface area contributed by atoms with Gasteiger partial charge >= 0.3 is 24.1 Å². The number of amides is 7. The summed E-state index contributed by atoms with van der Waals surface area (Å²) >= 11 is 0. The molecule has 448 valence electrons. The Kier molecular flexibility index (Phi) is 30.8. The number of fused-ring (bicyclic) bond motifs is 3. The predicted octanol–water partition coefficient (Wildman–Crippen LogP) is 2.76. The normalized spacial score (nSPS) is 15.3. The second-order valence-corrected chi connectivity index (χ2v) is 20.9. The Morgan fingerprint density at radius 2 is 1.22 bits per heavy atom. The molecule has 0 spiro atoms. The van der Waals surface area contributed by atoms with Crippen LogP contribution in [0.1, 0.15) is 130 Å². The van der Waals surface area contributed by atoms with E-state index >= 15 is 0 Å². The van der Waals surface area contributed by atoms with Crippen molar-refractivity contribution >= 4 is 71.0 Å². The summed E-state index contributed by atoms with van der Waals surface area (Å²) in [5, 5.41) is 18.5. The Balaban J connectivity index is 0.000000391. The lowest BCUT2D eigenvalue weighted by molar-refractivity contribution is -0.197. The van der Waals surface area contributed by atoms with Gasteiger partial charge in [-0.05, 0) is 104 Å². The van der Waals surface area contributed by atoms with Crippen LogP contribution in [0.15, 0.2) is 48.5 Å². The van der Waals surface area contributed by atoms with Gasteiger partial charge in [0.2, 0.25) is 17.7 Å². The van der Waals surface area contributed by atoms with Crippen LogP contribution in [0.25, 0.3) is 11.1 Å². The van der Waals surface area contributed by atoms with Gasteiger partial charge in [-0.15, -0.1) is 5.06 Å². The monoisotopic (exact) mass is 1140 g/mol. The highest BCUT2D eigenvalue weighted by Gasteiger charge is 2.33. The maximum absolute atomic E-state index is 12.3. The molecule has 81 heavy (non-hydrogen) atoms. The van der Waals surface area contributed by atoms with Crippen molar-refractivity contribution in [2.75, 3.05) is 66.6 Å². The quantitative estimate of drug-likeness (QED) is 0.0409. The first kappa shape index (κ1) is 69.5. The van der Waals surface area contributed by atoms with E-state index in [1.807, 2.05) is 24.3 Å². The maximum Gasteiger partial charge on any atom is 0.408 e. The van der Waals surface area contributed by atoms with Crippen LogP contribution in [0.2, 0.25) is 0 Å². The van der Waals surface area contributed by atoms with E-state index in [4.69, 9.17) is 24.8 Å². The van der Waals surface area contributed by atoms with Crippen molar-refractivity contribution < 1.29 is 76.6 Å². The summed E-state index contributed by atoms with van der Waals surface area (Å²) in [6.45, 7) is 13.0. The van der Waals surface area contributed by atoms with Crippen LogP contribution >= 0.6 is 0 Å². The molecule has 0 saturated carbocycles. The fraction of sp³-hybridized carbons (Fsp3) is 0.571. The highest BCUT2D eigenvalue weighted by molar-refractivity contribution is 6.01. The third-order valence-corrected chi connectivity index (χ3v) is 11.9. The average molecular weight is 1140 g/mol. The fourth-order valence-corrected chi connectivity index (χ4v) is 7.97. The van der Waals surface area contributed by atoms with Crippen LogP contribution in [-0.4, -0.2) is 154 Å². The number of hydroxylamine groups is 2. The van der Waals surface area contributed by atoms with Crippen molar-refractivity contribution in [3.63, 3.8) is 0 Å². The number of likely N-dealkylation sites (N-methyl/N-ethyl adjacent to an activating group) is 1. The van der Waals surface area contributed by atoms with Gasteiger partial charge in [-0.2, -0.15) is 0 Å². The summed E-state index contributed by atoms with van der Waals surface area (Å²) in [6.07, 6.45) is 0.939. The largest absolute Gasteiger partial charge is 0.465 e. The molecule has 5 rings (SSSR count). The molecule has 2 saturated heterocycles. The van der Waals surface area contributed by atoms with Gasteiger partial charge in [-0.1, -0.05) is 48.5 Å². The molecule has 25 nitrogen and oxygen atoms in total. The number of rotatable bonds is 20. The first-order valence-corrected chi connectivity index (χ1v) is 26.9. The lowest BCUT2D eigenvalue weighted by Gasteiger charge is -2.19. The predicted molar refractivity (Wildman–Crippen MR) is 296 cm³/mol. The highest BCUT2D eigenvalue weighted by Crippen LogP contribution is 2.44. The molecule has 0 unspecified atom stereocenters. The molecule has 2 aromatic carbocycles. The van der Waals surface area contributed by atoms with Gasteiger partial charge in [0.15, 0.2) is 0 Å². The van der Waals surface area contributed by atoms with E-state index < -0.39 is 53.0 Å². The fourth-order valence-electron chi connectivity index (χ4n) is 7.97. The van der Waals surface area contributed by atoms with E-state index in [1.165, 1.54) is 29.2 Å². The van der Waals surface area contributed by atoms with Crippen LogP contribution in [0, 0.1) is 11.8 Å². The van der Waals surface area contributed by atoms with Gasteiger partial charge in [0.25, 0.3) is 11.8 Å². The molecule has 2 heterocycles. The molecule has 3 aliphatic rings. The third-order valence-electron chi connectivity index (χ3n) is 11.9. The number of nitrogens with two attached hydrogens (primary N) is 1. The summed E-state index contributed by atoms with van der Waals surface area (Å²) in [4.78, 5) is 143. The lowest BCUT2D eigenvalue weighted by Crippen LogP contribution is -2.41.